The van der Waals surface area contributed by atoms with E-state index < -0.39 is 0 Å². The van der Waals surface area contributed by atoms with Gasteiger partial charge in [0.1, 0.15) is 0 Å². The van der Waals surface area contributed by atoms with Crippen molar-refractivity contribution in [3.05, 3.63) is 33.4 Å². The quantitative estimate of drug-likeness (QED) is 0.617. The van der Waals surface area contributed by atoms with Gasteiger partial charge in [0.25, 0.3) is 5.91 Å². The Morgan fingerprint density at radius 2 is 1.95 bits per heavy atom. The number of nitrogens with one attached hydrogen (secondary N) is 1. The highest BCUT2D eigenvalue weighted by Crippen LogP contribution is 2.10. The first kappa shape index (κ1) is 15.7. The van der Waals surface area contributed by atoms with E-state index in [1.807, 2.05) is 24.3 Å². The van der Waals surface area contributed by atoms with Crippen molar-refractivity contribution < 1.29 is 4.79 Å². The zero-order valence-electron chi connectivity index (χ0n) is 11.9. The van der Waals surface area contributed by atoms with E-state index in [0.717, 1.165) is 54.8 Å². The molecule has 1 aliphatic rings. The van der Waals surface area contributed by atoms with Crippen molar-refractivity contribution in [3.63, 3.8) is 0 Å². The maximum absolute atomic E-state index is 12.0. The van der Waals surface area contributed by atoms with Gasteiger partial charge in [-0.3, -0.25) is 4.79 Å². The first-order valence-corrected chi connectivity index (χ1v) is 8.18. The molecule has 2 rings (SSSR count). The molecule has 1 N–H and O–H groups in total. The minimum atomic E-state index is 0.0355. The predicted octanol–water partition coefficient (Wildman–Crippen LogP) is 1.66. The van der Waals surface area contributed by atoms with Crippen LogP contribution >= 0.6 is 22.6 Å². The summed E-state index contributed by atoms with van der Waals surface area (Å²) in [7, 11) is 2.17. The van der Waals surface area contributed by atoms with Crippen molar-refractivity contribution in [2.45, 2.75) is 6.42 Å². The van der Waals surface area contributed by atoms with Crippen LogP contribution in [0.3, 0.4) is 0 Å². The molecule has 0 bridgehead atoms. The number of carbonyl (C=O) groups is 1. The minimum absolute atomic E-state index is 0.0355. The Hall–Kier alpha value is -0.660. The average molecular weight is 387 g/mol. The Balaban J connectivity index is 1.66. The van der Waals surface area contributed by atoms with E-state index in [2.05, 4.69) is 44.8 Å². The van der Waals surface area contributed by atoms with Crippen LogP contribution < -0.4 is 5.32 Å². The van der Waals surface area contributed by atoms with E-state index >= 15 is 0 Å². The van der Waals surface area contributed by atoms with Crippen molar-refractivity contribution in [2.75, 3.05) is 46.3 Å². The van der Waals surface area contributed by atoms with Gasteiger partial charge in [-0.1, -0.05) is 12.1 Å². The Morgan fingerprint density at radius 1 is 1.25 bits per heavy atom. The van der Waals surface area contributed by atoms with Gasteiger partial charge in [-0.25, -0.2) is 0 Å². The number of amides is 1. The van der Waals surface area contributed by atoms with Gasteiger partial charge in [-0.2, -0.15) is 0 Å². The molecule has 0 atom stereocenters. The summed E-state index contributed by atoms with van der Waals surface area (Å²) in [6, 6.07) is 7.69. The fourth-order valence-electron chi connectivity index (χ4n) is 2.32. The van der Waals surface area contributed by atoms with Crippen molar-refractivity contribution in [1.29, 1.82) is 0 Å². The molecule has 0 unspecified atom stereocenters. The first-order chi connectivity index (χ1) is 9.66. The first-order valence-electron chi connectivity index (χ1n) is 7.10. The molecule has 1 fully saturated rings. The number of hydrogen-bond acceptors (Lipinski definition) is 3. The van der Waals surface area contributed by atoms with E-state index in [-0.39, 0.29) is 5.91 Å². The van der Waals surface area contributed by atoms with Gasteiger partial charge in [0.05, 0.1) is 5.56 Å². The van der Waals surface area contributed by atoms with Crippen LogP contribution in [0.2, 0.25) is 0 Å². The van der Waals surface area contributed by atoms with Gasteiger partial charge < -0.3 is 15.1 Å². The second-order valence-corrected chi connectivity index (χ2v) is 6.40. The molecule has 1 amide bonds. The van der Waals surface area contributed by atoms with Gasteiger partial charge in [-0.05, 0) is 54.7 Å². The highest BCUT2D eigenvalue weighted by Gasteiger charge is 2.13. The van der Waals surface area contributed by atoms with Crippen LogP contribution in [0.25, 0.3) is 0 Å². The van der Waals surface area contributed by atoms with Gasteiger partial charge >= 0.3 is 0 Å². The van der Waals surface area contributed by atoms with Crippen LogP contribution in [0.5, 0.6) is 0 Å². The largest absolute Gasteiger partial charge is 0.352 e. The minimum Gasteiger partial charge on any atom is -0.352 e. The fourth-order valence-corrected chi connectivity index (χ4v) is 2.95. The lowest BCUT2D eigenvalue weighted by Gasteiger charge is -2.32. The standard InChI is InChI=1S/C15H22IN3O/c1-18-9-11-19(12-10-18)8-4-7-17-15(20)13-5-2-3-6-14(13)16/h2-3,5-6H,4,7-12H2,1H3,(H,17,20). The second kappa shape index (κ2) is 7.95. The normalized spacial score (nSPS) is 17.1. The van der Waals surface area contributed by atoms with E-state index in [1.165, 1.54) is 0 Å². The van der Waals surface area contributed by atoms with Crippen LogP contribution in [-0.2, 0) is 0 Å². The molecule has 1 heterocycles. The molecule has 1 aliphatic heterocycles. The highest BCUT2D eigenvalue weighted by atomic mass is 127. The number of nitrogens with zero attached hydrogens (tertiary/aromatic N) is 2. The van der Waals surface area contributed by atoms with Gasteiger partial charge in [-0.15, -0.1) is 0 Å². The van der Waals surface area contributed by atoms with Crippen molar-refractivity contribution in [3.8, 4) is 0 Å². The smallest absolute Gasteiger partial charge is 0.252 e. The summed E-state index contributed by atoms with van der Waals surface area (Å²) < 4.78 is 1.00. The number of benzene rings is 1. The molecule has 0 spiro atoms. The number of carbonyl (C=O) groups excluding carboxylic acids is 1. The Labute approximate surface area is 134 Å². The van der Waals surface area contributed by atoms with Gasteiger partial charge in [0.2, 0.25) is 0 Å². The van der Waals surface area contributed by atoms with Crippen LogP contribution in [0.15, 0.2) is 24.3 Å². The lowest BCUT2D eigenvalue weighted by atomic mass is 10.2. The monoisotopic (exact) mass is 387 g/mol. The molecule has 5 heteroatoms. The zero-order chi connectivity index (χ0) is 14.4. The second-order valence-electron chi connectivity index (χ2n) is 5.23. The topological polar surface area (TPSA) is 35.6 Å². The maximum atomic E-state index is 12.0. The summed E-state index contributed by atoms with van der Waals surface area (Å²) in [5, 5.41) is 3.01. The summed E-state index contributed by atoms with van der Waals surface area (Å²) in [6.07, 6.45) is 1.01. The van der Waals surface area contributed by atoms with Gasteiger partial charge in [0, 0.05) is 36.3 Å². The van der Waals surface area contributed by atoms with Crippen LogP contribution in [0, 0.1) is 3.57 Å². The van der Waals surface area contributed by atoms with Crippen LogP contribution in [0.4, 0.5) is 0 Å². The lowest BCUT2D eigenvalue weighted by molar-refractivity contribution is 0.0948. The number of halogens is 1. The predicted molar refractivity (Wildman–Crippen MR) is 90.0 cm³/mol. The van der Waals surface area contributed by atoms with E-state index in [0.29, 0.717) is 0 Å². The molecule has 1 aromatic rings. The molecule has 4 nitrogen and oxygen atoms in total. The Bertz CT molecular complexity index is 444. The summed E-state index contributed by atoms with van der Waals surface area (Å²) in [5.74, 6) is 0.0355. The molecule has 110 valence electrons. The molecule has 0 saturated carbocycles. The maximum Gasteiger partial charge on any atom is 0.252 e. The molecule has 0 radical (unpaired) electrons. The van der Waals surface area contributed by atoms with E-state index in [9.17, 15) is 4.79 Å². The van der Waals surface area contributed by atoms with Crippen LogP contribution in [0.1, 0.15) is 16.8 Å². The number of rotatable bonds is 5. The highest BCUT2D eigenvalue weighted by molar-refractivity contribution is 14.1. The Morgan fingerprint density at radius 3 is 2.65 bits per heavy atom. The number of likely N-dealkylation sites (N-methyl/N-ethyl adjacent to an activating group) is 1. The SMILES string of the molecule is CN1CCN(CCCNC(=O)c2ccccc2I)CC1. The summed E-state index contributed by atoms with van der Waals surface area (Å²) in [6.45, 7) is 6.39. The third-order valence-electron chi connectivity index (χ3n) is 3.65. The summed E-state index contributed by atoms with van der Waals surface area (Å²) in [4.78, 5) is 16.9. The average Bonchev–Trinajstić information content (AvgIpc) is 2.46. The summed E-state index contributed by atoms with van der Waals surface area (Å²) in [5.41, 5.74) is 0.771. The zero-order valence-corrected chi connectivity index (χ0v) is 14.1. The third-order valence-corrected chi connectivity index (χ3v) is 4.59. The van der Waals surface area contributed by atoms with Crippen LogP contribution in [-0.4, -0.2) is 62.0 Å². The number of piperazine rings is 1. The molecule has 20 heavy (non-hydrogen) atoms. The third kappa shape index (κ3) is 4.71. The van der Waals surface area contributed by atoms with Crippen molar-refractivity contribution >= 4 is 28.5 Å². The van der Waals surface area contributed by atoms with E-state index in [1.54, 1.807) is 0 Å². The number of hydrogen-bond donors (Lipinski definition) is 1. The lowest BCUT2D eigenvalue weighted by Crippen LogP contribution is -2.45. The van der Waals surface area contributed by atoms with Crippen molar-refractivity contribution in [1.82, 2.24) is 15.1 Å². The Kier molecular flexibility index (Phi) is 6.25. The van der Waals surface area contributed by atoms with Crippen molar-refractivity contribution in [2.24, 2.45) is 0 Å². The molecular weight excluding hydrogens is 365 g/mol. The molecule has 1 saturated heterocycles. The van der Waals surface area contributed by atoms with Gasteiger partial charge in [0.15, 0.2) is 0 Å². The molecule has 0 aliphatic carbocycles. The van der Waals surface area contributed by atoms with E-state index in [4.69, 9.17) is 0 Å². The molecule has 1 aromatic carbocycles. The summed E-state index contributed by atoms with van der Waals surface area (Å²) >= 11 is 2.20. The molecule has 0 aromatic heterocycles. The fraction of sp³-hybridized carbons (Fsp3) is 0.533. The molecular formula is C15H22IN3O.